The van der Waals surface area contributed by atoms with Crippen molar-refractivity contribution in [2.24, 2.45) is 0 Å². The normalized spacial score (nSPS) is 17.2. The fourth-order valence-electron chi connectivity index (χ4n) is 1.58. The van der Waals surface area contributed by atoms with E-state index in [0.29, 0.717) is 5.56 Å². The summed E-state index contributed by atoms with van der Waals surface area (Å²) >= 11 is 0. The molecule has 0 spiro atoms. The molecule has 1 aliphatic rings. The van der Waals surface area contributed by atoms with Crippen LogP contribution in [0.3, 0.4) is 0 Å². The first-order chi connectivity index (χ1) is 6.69. The largest absolute Gasteiger partial charge is 0.491 e. The van der Waals surface area contributed by atoms with Crippen molar-refractivity contribution in [2.45, 2.75) is 0 Å². The second-order valence-electron chi connectivity index (χ2n) is 3.84. The van der Waals surface area contributed by atoms with Gasteiger partial charge in [-0.05, 0) is 6.07 Å². The molecular weight excluding hydrogens is 176 g/mol. The first-order valence-electron chi connectivity index (χ1n) is 4.63. The van der Waals surface area contributed by atoms with Crippen LogP contribution in [0.5, 0.6) is 5.75 Å². The van der Waals surface area contributed by atoms with Crippen molar-refractivity contribution in [3.05, 3.63) is 23.8 Å². The number of benzene rings is 1. The van der Waals surface area contributed by atoms with Crippen LogP contribution >= 0.6 is 0 Å². The van der Waals surface area contributed by atoms with Crippen LogP contribution in [0.15, 0.2) is 18.2 Å². The third-order valence-corrected chi connectivity index (χ3v) is 2.78. The van der Waals surface area contributed by atoms with Crippen LogP contribution in [0.1, 0.15) is 5.56 Å². The zero-order chi connectivity index (χ0) is 10.2. The number of hydrogen-bond donors (Lipinski definition) is 0. The van der Waals surface area contributed by atoms with Crippen LogP contribution in [0.4, 0.5) is 5.69 Å². The fraction of sp³-hybridized carbons (Fsp3) is 0.364. The first-order valence-corrected chi connectivity index (χ1v) is 4.63. The summed E-state index contributed by atoms with van der Waals surface area (Å²) in [4.78, 5) is 0. The number of ether oxygens (including phenoxy) is 1. The summed E-state index contributed by atoms with van der Waals surface area (Å²) in [5.41, 5.74) is 1.82. The van der Waals surface area contributed by atoms with E-state index in [1.165, 1.54) is 5.69 Å². The minimum absolute atomic E-state index is 0.652. The van der Waals surface area contributed by atoms with E-state index in [2.05, 4.69) is 13.1 Å². The highest BCUT2D eigenvalue weighted by Crippen LogP contribution is 2.38. The predicted octanol–water partition coefficient (Wildman–Crippen LogP) is 1.52. The number of quaternary nitrogens is 1. The molecule has 1 heterocycles. The van der Waals surface area contributed by atoms with E-state index in [0.717, 1.165) is 23.3 Å². The third kappa shape index (κ3) is 1.34. The lowest BCUT2D eigenvalue weighted by Crippen LogP contribution is -2.19. The molecule has 0 bridgehead atoms. The summed E-state index contributed by atoms with van der Waals surface area (Å²) in [6, 6.07) is 7.75. The molecule has 0 radical (unpaired) electrons. The van der Waals surface area contributed by atoms with Gasteiger partial charge in [-0.1, -0.05) is 0 Å². The monoisotopic (exact) mass is 189 g/mol. The molecule has 3 heteroatoms. The smallest absolute Gasteiger partial charge is 0.181 e. The molecule has 1 aromatic carbocycles. The lowest BCUT2D eigenvalue weighted by Gasteiger charge is -2.14. The Morgan fingerprint density at radius 3 is 2.64 bits per heavy atom. The Labute approximate surface area is 83.7 Å². The van der Waals surface area contributed by atoms with Gasteiger partial charge in [0.2, 0.25) is 0 Å². The quantitative estimate of drug-likeness (QED) is 0.522. The molecule has 1 fully saturated rings. The molecular formula is C11H13N2O+. The molecule has 0 unspecified atom stereocenters. The Bertz CT molecular complexity index is 402. The number of rotatable bonds is 2. The van der Waals surface area contributed by atoms with Gasteiger partial charge in [0.15, 0.2) is 11.4 Å². The average molecular weight is 189 g/mol. The van der Waals surface area contributed by atoms with Crippen molar-refractivity contribution in [1.29, 1.82) is 5.26 Å². The number of likely N-dealkylation sites (N-methyl/N-ethyl adjacent to an activating group) is 1. The third-order valence-electron chi connectivity index (χ3n) is 2.78. The average Bonchev–Trinajstić information content (AvgIpc) is 2.96. The maximum absolute atomic E-state index is 8.76. The standard InChI is InChI=1S/C11H13N2O/c1-13(5-6-13)10-4-3-9(8-12)7-11(10)14-2/h3-4,7H,5-6H2,1-2H3/q+1. The molecule has 0 N–H and O–H groups in total. The van der Waals surface area contributed by atoms with Crippen LogP contribution in [0, 0.1) is 11.3 Å². The molecule has 0 atom stereocenters. The fourth-order valence-corrected chi connectivity index (χ4v) is 1.58. The van der Waals surface area contributed by atoms with Crippen molar-refractivity contribution in [3.63, 3.8) is 0 Å². The van der Waals surface area contributed by atoms with E-state index in [9.17, 15) is 0 Å². The van der Waals surface area contributed by atoms with Gasteiger partial charge in [0.25, 0.3) is 0 Å². The van der Waals surface area contributed by atoms with Crippen molar-refractivity contribution in [3.8, 4) is 11.8 Å². The molecule has 0 aromatic heterocycles. The minimum Gasteiger partial charge on any atom is -0.491 e. The van der Waals surface area contributed by atoms with Gasteiger partial charge in [-0.15, -0.1) is 0 Å². The van der Waals surface area contributed by atoms with E-state index >= 15 is 0 Å². The van der Waals surface area contributed by atoms with Crippen LogP contribution in [-0.4, -0.2) is 27.2 Å². The lowest BCUT2D eigenvalue weighted by atomic mass is 10.2. The van der Waals surface area contributed by atoms with Gasteiger partial charge in [-0.3, -0.25) is 4.48 Å². The molecule has 72 valence electrons. The Balaban J connectivity index is 2.46. The molecule has 2 rings (SSSR count). The van der Waals surface area contributed by atoms with E-state index in [4.69, 9.17) is 10.00 Å². The van der Waals surface area contributed by atoms with Gasteiger partial charge in [-0.2, -0.15) is 5.26 Å². The van der Waals surface area contributed by atoms with Crippen molar-refractivity contribution >= 4 is 5.69 Å². The second kappa shape index (κ2) is 3.00. The van der Waals surface area contributed by atoms with Gasteiger partial charge >= 0.3 is 0 Å². The van der Waals surface area contributed by atoms with Gasteiger partial charge in [0.05, 0.1) is 25.8 Å². The molecule has 1 aromatic rings. The van der Waals surface area contributed by atoms with Crippen molar-refractivity contribution in [1.82, 2.24) is 4.48 Å². The zero-order valence-corrected chi connectivity index (χ0v) is 8.45. The molecule has 1 saturated heterocycles. The maximum Gasteiger partial charge on any atom is 0.181 e. The maximum atomic E-state index is 8.76. The predicted molar refractivity (Wildman–Crippen MR) is 55.2 cm³/mol. The van der Waals surface area contributed by atoms with E-state index in [-0.39, 0.29) is 0 Å². The van der Waals surface area contributed by atoms with Crippen LogP contribution in [0.2, 0.25) is 0 Å². The summed E-state index contributed by atoms with van der Waals surface area (Å²) in [7, 11) is 3.82. The SMILES string of the molecule is COc1cc(C#N)ccc1[N+]1(C)CC1. The van der Waals surface area contributed by atoms with E-state index in [1.807, 2.05) is 12.1 Å². The molecule has 14 heavy (non-hydrogen) atoms. The summed E-state index contributed by atoms with van der Waals surface area (Å²) < 4.78 is 6.21. The Kier molecular flexibility index (Phi) is 1.94. The van der Waals surface area contributed by atoms with Gasteiger partial charge in [0.1, 0.15) is 13.1 Å². The first kappa shape index (κ1) is 9.04. The highest BCUT2D eigenvalue weighted by atomic mass is 16.5. The summed E-state index contributed by atoms with van der Waals surface area (Å²) in [6.45, 7) is 2.31. The lowest BCUT2D eigenvalue weighted by molar-refractivity contribution is 0.407. The minimum atomic E-state index is 0.652. The summed E-state index contributed by atoms with van der Waals surface area (Å²) in [5.74, 6) is 0.823. The van der Waals surface area contributed by atoms with Crippen LogP contribution < -0.4 is 9.22 Å². The Morgan fingerprint density at radius 1 is 1.43 bits per heavy atom. The number of methoxy groups -OCH3 is 1. The number of nitriles is 1. The van der Waals surface area contributed by atoms with Crippen molar-refractivity contribution < 1.29 is 4.74 Å². The molecule has 0 amide bonds. The van der Waals surface area contributed by atoms with E-state index in [1.54, 1.807) is 13.2 Å². The topological polar surface area (TPSA) is 33.0 Å². The molecule has 0 aliphatic carbocycles. The van der Waals surface area contributed by atoms with E-state index < -0.39 is 0 Å². The molecule has 3 nitrogen and oxygen atoms in total. The van der Waals surface area contributed by atoms with Gasteiger partial charge in [-0.25, -0.2) is 0 Å². The Hall–Kier alpha value is -1.53. The van der Waals surface area contributed by atoms with Crippen LogP contribution in [0.25, 0.3) is 0 Å². The van der Waals surface area contributed by atoms with Gasteiger partial charge in [0, 0.05) is 12.1 Å². The molecule has 1 aliphatic heterocycles. The summed E-state index contributed by atoms with van der Waals surface area (Å²) in [6.07, 6.45) is 0. The van der Waals surface area contributed by atoms with Crippen LogP contribution in [-0.2, 0) is 0 Å². The number of nitrogens with zero attached hydrogens (tertiary/aromatic N) is 2. The zero-order valence-electron chi connectivity index (χ0n) is 8.45. The van der Waals surface area contributed by atoms with Crippen molar-refractivity contribution in [2.75, 3.05) is 27.2 Å². The molecule has 0 saturated carbocycles. The Morgan fingerprint density at radius 2 is 2.14 bits per heavy atom. The highest BCUT2D eigenvalue weighted by Gasteiger charge is 2.41. The van der Waals surface area contributed by atoms with Gasteiger partial charge < -0.3 is 4.74 Å². The highest BCUT2D eigenvalue weighted by molar-refractivity contribution is 5.60. The number of hydrogen-bond acceptors (Lipinski definition) is 2. The summed E-state index contributed by atoms with van der Waals surface area (Å²) in [5, 5.41) is 8.76. The second-order valence-corrected chi connectivity index (χ2v) is 3.84.